The monoisotopic (exact) mass is 349 g/mol. The van der Waals surface area contributed by atoms with Gasteiger partial charge >= 0.3 is 5.97 Å². The molecular weight excluding hydrogens is 334 g/mol. The van der Waals surface area contributed by atoms with Gasteiger partial charge in [0.25, 0.3) is 5.91 Å². The third kappa shape index (κ3) is 4.67. The van der Waals surface area contributed by atoms with Gasteiger partial charge in [0.2, 0.25) is 0 Å². The lowest BCUT2D eigenvalue weighted by atomic mass is 10.1. The Morgan fingerprint density at radius 2 is 2.13 bits per heavy atom. The fourth-order valence-electron chi connectivity index (χ4n) is 1.81. The van der Waals surface area contributed by atoms with Crippen molar-refractivity contribution in [2.45, 2.75) is 6.92 Å². The summed E-state index contributed by atoms with van der Waals surface area (Å²) < 4.78 is 10.4. The molecule has 1 N–H and O–H groups in total. The summed E-state index contributed by atoms with van der Waals surface area (Å²) in [5.41, 5.74) is 1.59. The summed E-state index contributed by atoms with van der Waals surface area (Å²) >= 11 is 6.22. The molecule has 1 heterocycles. The van der Waals surface area contributed by atoms with Gasteiger partial charge in [0.15, 0.2) is 6.61 Å². The predicted molar refractivity (Wildman–Crippen MR) is 94.0 cm³/mol. The average Bonchev–Trinajstić information content (AvgIpc) is 2.89. The van der Waals surface area contributed by atoms with E-state index in [9.17, 15) is 9.59 Å². The van der Waals surface area contributed by atoms with Crippen LogP contribution in [0.5, 0.6) is 5.75 Å². The first-order valence-corrected chi connectivity index (χ1v) is 7.94. The first-order chi connectivity index (χ1) is 11.0. The Morgan fingerprint density at radius 3 is 2.78 bits per heavy atom. The number of esters is 1. The summed E-state index contributed by atoms with van der Waals surface area (Å²) in [6.45, 7) is 1.68. The summed E-state index contributed by atoms with van der Waals surface area (Å²) in [7, 11) is 1.31. The first-order valence-electron chi connectivity index (χ1n) is 6.72. The van der Waals surface area contributed by atoms with E-state index in [1.165, 1.54) is 18.9 Å². The van der Waals surface area contributed by atoms with Gasteiger partial charge in [-0.15, -0.1) is 0 Å². The fraction of sp³-hybridized carbons (Fsp3) is 0.188. The van der Waals surface area contributed by atoms with Gasteiger partial charge in [0.1, 0.15) is 10.1 Å². The van der Waals surface area contributed by atoms with Crippen molar-refractivity contribution in [3.63, 3.8) is 0 Å². The molecule has 1 amide bonds. The minimum atomic E-state index is -0.449. The van der Waals surface area contributed by atoms with Crippen LogP contribution in [0.25, 0.3) is 6.08 Å². The third-order valence-electron chi connectivity index (χ3n) is 2.98. The largest absolute Gasteiger partial charge is 0.481 e. The second-order valence-corrected chi connectivity index (χ2v) is 6.28. The Kier molecular flexibility index (Phi) is 5.95. The Hall–Kier alpha value is -2.12. The maximum atomic E-state index is 11.7. The van der Waals surface area contributed by atoms with E-state index in [1.807, 2.05) is 37.3 Å². The molecule has 1 fully saturated rings. The van der Waals surface area contributed by atoms with Crippen molar-refractivity contribution in [3.05, 3.63) is 46.4 Å². The highest BCUT2D eigenvalue weighted by Crippen LogP contribution is 2.28. The third-order valence-corrected chi connectivity index (χ3v) is 4.33. The summed E-state index contributed by atoms with van der Waals surface area (Å²) in [5.74, 6) is -0.0713. The number of thiocarbonyl (C=S) groups is 1. The molecule has 1 saturated heterocycles. The second-order valence-electron chi connectivity index (χ2n) is 4.59. The molecule has 23 heavy (non-hydrogen) atoms. The molecule has 120 valence electrons. The second kappa shape index (κ2) is 7.94. The molecule has 0 saturated carbocycles. The van der Waals surface area contributed by atoms with E-state index in [2.05, 4.69) is 10.1 Å². The summed E-state index contributed by atoms with van der Waals surface area (Å²) in [4.78, 5) is 23.5. The maximum absolute atomic E-state index is 11.7. The number of methoxy groups -OCH3 is 1. The van der Waals surface area contributed by atoms with Crippen LogP contribution in [0.4, 0.5) is 0 Å². The van der Waals surface area contributed by atoms with Crippen molar-refractivity contribution in [1.29, 1.82) is 0 Å². The van der Waals surface area contributed by atoms with E-state index in [4.69, 9.17) is 17.0 Å². The SMILES string of the molecule is COC(=O)COc1ccccc1/C=C/C(C)=C1/SC(=S)NC1=O. The van der Waals surface area contributed by atoms with Gasteiger partial charge in [-0.3, -0.25) is 4.79 Å². The average molecular weight is 349 g/mol. The zero-order valence-electron chi connectivity index (χ0n) is 12.6. The predicted octanol–water partition coefficient (Wildman–Crippen LogP) is 2.67. The van der Waals surface area contributed by atoms with E-state index in [-0.39, 0.29) is 12.5 Å². The standard InChI is InChI=1S/C16H15NO4S2/c1-10(14-15(19)17-16(22)23-14)7-8-11-5-3-4-6-12(11)21-9-13(18)20-2/h3-8H,9H2,1-2H3,(H,17,19,22)/b8-7+,14-10+. The number of hydrogen-bond donors (Lipinski definition) is 1. The van der Waals surface area contributed by atoms with Crippen molar-refractivity contribution in [1.82, 2.24) is 5.32 Å². The molecular formula is C16H15NO4S2. The minimum Gasteiger partial charge on any atom is -0.481 e. The number of nitrogens with one attached hydrogen (secondary N) is 1. The van der Waals surface area contributed by atoms with Gasteiger partial charge in [0.05, 0.1) is 12.0 Å². The normalized spacial score (nSPS) is 16.4. The van der Waals surface area contributed by atoms with Crippen molar-refractivity contribution in [2.24, 2.45) is 0 Å². The number of carbonyl (C=O) groups is 2. The van der Waals surface area contributed by atoms with Crippen LogP contribution < -0.4 is 10.1 Å². The Morgan fingerprint density at radius 1 is 1.39 bits per heavy atom. The molecule has 1 aromatic carbocycles. The van der Waals surface area contributed by atoms with Crippen LogP contribution in [0, 0.1) is 0 Å². The number of thioether (sulfide) groups is 1. The highest BCUT2D eigenvalue weighted by atomic mass is 32.2. The van der Waals surface area contributed by atoms with Crippen LogP contribution in [0.1, 0.15) is 12.5 Å². The van der Waals surface area contributed by atoms with E-state index in [0.29, 0.717) is 15.0 Å². The molecule has 0 aliphatic carbocycles. The highest BCUT2D eigenvalue weighted by Gasteiger charge is 2.23. The fourth-order valence-corrected chi connectivity index (χ4v) is 2.85. The topological polar surface area (TPSA) is 64.6 Å². The Balaban J connectivity index is 2.16. The van der Waals surface area contributed by atoms with Gasteiger partial charge in [-0.25, -0.2) is 4.79 Å². The van der Waals surface area contributed by atoms with Crippen LogP contribution >= 0.6 is 24.0 Å². The molecule has 1 aliphatic heterocycles. The lowest BCUT2D eigenvalue weighted by Gasteiger charge is -2.07. The molecule has 0 aromatic heterocycles. The first kappa shape index (κ1) is 17.2. The zero-order chi connectivity index (χ0) is 16.8. The summed E-state index contributed by atoms with van der Waals surface area (Å²) in [6, 6.07) is 7.29. The number of allylic oxidation sites excluding steroid dienone is 2. The number of carbonyl (C=O) groups excluding carboxylic acids is 2. The molecule has 0 spiro atoms. The smallest absolute Gasteiger partial charge is 0.343 e. The number of hydrogen-bond acceptors (Lipinski definition) is 6. The van der Waals surface area contributed by atoms with Crippen molar-refractivity contribution in [3.8, 4) is 5.75 Å². The van der Waals surface area contributed by atoms with Crippen LogP contribution in [0.2, 0.25) is 0 Å². The molecule has 0 bridgehead atoms. The van der Waals surface area contributed by atoms with Crippen molar-refractivity contribution >= 4 is 46.3 Å². The molecule has 2 rings (SSSR count). The molecule has 0 atom stereocenters. The number of benzene rings is 1. The van der Waals surface area contributed by atoms with E-state index < -0.39 is 5.97 Å². The zero-order valence-corrected chi connectivity index (χ0v) is 14.3. The van der Waals surface area contributed by atoms with Crippen LogP contribution in [0.15, 0.2) is 40.8 Å². The lowest BCUT2D eigenvalue weighted by Crippen LogP contribution is -2.18. The lowest BCUT2D eigenvalue weighted by molar-refractivity contribution is -0.142. The maximum Gasteiger partial charge on any atom is 0.343 e. The molecule has 0 radical (unpaired) electrons. The number of amides is 1. The summed E-state index contributed by atoms with van der Waals surface area (Å²) in [6.07, 6.45) is 3.64. The van der Waals surface area contributed by atoms with Gasteiger partial charge in [-0.1, -0.05) is 54.3 Å². The molecule has 0 unspecified atom stereocenters. The van der Waals surface area contributed by atoms with Crippen molar-refractivity contribution < 1.29 is 19.1 Å². The van der Waals surface area contributed by atoms with Gasteiger partial charge in [-0.2, -0.15) is 0 Å². The molecule has 5 nitrogen and oxygen atoms in total. The van der Waals surface area contributed by atoms with E-state index in [1.54, 1.807) is 6.07 Å². The number of rotatable bonds is 5. The number of para-hydroxylation sites is 1. The van der Waals surface area contributed by atoms with Gasteiger partial charge in [0, 0.05) is 5.56 Å². The van der Waals surface area contributed by atoms with Gasteiger partial charge in [-0.05, 0) is 18.6 Å². The minimum absolute atomic E-state index is 0.159. The Labute approximate surface area is 143 Å². The van der Waals surface area contributed by atoms with E-state index >= 15 is 0 Å². The molecule has 1 aliphatic rings. The highest BCUT2D eigenvalue weighted by molar-refractivity contribution is 8.26. The van der Waals surface area contributed by atoms with E-state index in [0.717, 1.165) is 11.1 Å². The van der Waals surface area contributed by atoms with Gasteiger partial charge < -0.3 is 14.8 Å². The van der Waals surface area contributed by atoms with Crippen LogP contribution in [-0.2, 0) is 14.3 Å². The molecule has 1 aromatic rings. The van der Waals surface area contributed by atoms with Crippen LogP contribution in [-0.4, -0.2) is 29.9 Å². The Bertz CT molecular complexity index is 710. The van der Waals surface area contributed by atoms with Crippen molar-refractivity contribution in [2.75, 3.05) is 13.7 Å². The summed E-state index contributed by atoms with van der Waals surface area (Å²) in [5, 5.41) is 2.58. The quantitative estimate of drug-likeness (QED) is 0.501. The van der Waals surface area contributed by atoms with Crippen LogP contribution in [0.3, 0.4) is 0 Å². The number of ether oxygens (including phenoxy) is 2. The molecule has 7 heteroatoms.